The number of nitrogens with zero attached hydrogens (tertiary/aromatic N) is 6. The van der Waals surface area contributed by atoms with Gasteiger partial charge in [-0.05, 0) is 43.5 Å². The first-order valence-corrected chi connectivity index (χ1v) is 15.4. The quantitative estimate of drug-likeness (QED) is 0.177. The normalized spacial score (nSPS) is 12.9. The average Bonchev–Trinajstić information content (AvgIpc) is 3.46. The van der Waals surface area contributed by atoms with E-state index in [4.69, 9.17) is 16.2 Å². The molecule has 4 aromatic rings. The van der Waals surface area contributed by atoms with E-state index in [0.717, 1.165) is 65.9 Å². The van der Waals surface area contributed by atoms with Crippen LogP contribution >= 0.6 is 0 Å². The maximum atomic E-state index is 5.82. The van der Waals surface area contributed by atoms with Gasteiger partial charge in [-0.25, -0.2) is 4.68 Å². The molecule has 0 radical (unpaired) electrons. The molecule has 2 heterocycles. The molecule has 0 saturated carbocycles. The van der Waals surface area contributed by atoms with E-state index in [1.54, 1.807) is 25.9 Å². The number of hydrogen-bond donors (Lipinski definition) is 4. The molecule has 1 aromatic heterocycles. The van der Waals surface area contributed by atoms with E-state index < -0.39 is 0 Å². The van der Waals surface area contributed by atoms with Gasteiger partial charge < -0.3 is 36.6 Å². The van der Waals surface area contributed by atoms with Crippen molar-refractivity contribution in [2.24, 2.45) is 21.5 Å². The molecule has 248 valence electrons. The molecule has 1 fully saturated rings. The van der Waals surface area contributed by atoms with Gasteiger partial charge in [0.25, 0.3) is 0 Å². The van der Waals surface area contributed by atoms with E-state index in [1.165, 1.54) is 5.39 Å². The number of para-hydroxylation sites is 2. The van der Waals surface area contributed by atoms with Crippen molar-refractivity contribution in [1.29, 1.82) is 0 Å². The van der Waals surface area contributed by atoms with E-state index >= 15 is 0 Å². The Morgan fingerprint density at radius 2 is 1.52 bits per heavy atom. The average molecular weight is 629 g/mol. The number of aryl methyl sites for hydroxylation is 2. The van der Waals surface area contributed by atoms with Crippen molar-refractivity contribution in [1.82, 2.24) is 20.0 Å². The minimum atomic E-state index is 0.423. The van der Waals surface area contributed by atoms with Crippen LogP contribution in [0.5, 0.6) is 5.75 Å². The molecule has 11 nitrogen and oxygen atoms in total. The van der Waals surface area contributed by atoms with Gasteiger partial charge in [-0.3, -0.25) is 9.98 Å². The van der Waals surface area contributed by atoms with Crippen LogP contribution in [-0.4, -0.2) is 81.0 Å². The summed E-state index contributed by atoms with van der Waals surface area (Å²) in [7, 11) is 6.92. The Kier molecular flexibility index (Phi) is 15.5. The van der Waals surface area contributed by atoms with Gasteiger partial charge in [-0.15, -0.1) is 0 Å². The van der Waals surface area contributed by atoms with Crippen LogP contribution in [0.3, 0.4) is 0 Å². The third-order valence-electron chi connectivity index (χ3n) is 7.11. The highest BCUT2D eigenvalue weighted by molar-refractivity contribution is 6.02. The van der Waals surface area contributed by atoms with Gasteiger partial charge in [0.05, 0.1) is 18.5 Å². The van der Waals surface area contributed by atoms with Gasteiger partial charge in [0, 0.05) is 64.1 Å². The summed E-state index contributed by atoms with van der Waals surface area (Å²) in [5.74, 6) is 2.76. The van der Waals surface area contributed by atoms with Crippen LogP contribution in [0, 0.1) is 13.8 Å². The molecule has 0 spiro atoms. The maximum absolute atomic E-state index is 5.82. The minimum Gasteiger partial charge on any atom is -0.495 e. The second-order valence-corrected chi connectivity index (χ2v) is 10.0. The Labute approximate surface area is 274 Å². The van der Waals surface area contributed by atoms with Crippen molar-refractivity contribution >= 4 is 39.9 Å². The van der Waals surface area contributed by atoms with Gasteiger partial charge in [0.15, 0.2) is 11.9 Å². The van der Waals surface area contributed by atoms with Crippen LogP contribution in [0.15, 0.2) is 89.4 Å². The zero-order chi connectivity index (χ0) is 34.1. The fourth-order valence-electron chi connectivity index (χ4n) is 4.75. The van der Waals surface area contributed by atoms with Crippen LogP contribution < -0.4 is 31.7 Å². The number of rotatable bonds is 5. The Morgan fingerprint density at radius 1 is 0.891 bits per heavy atom. The molecule has 46 heavy (non-hydrogen) atoms. The number of benzene rings is 3. The third kappa shape index (κ3) is 10.5. The van der Waals surface area contributed by atoms with Crippen molar-refractivity contribution in [3.8, 4) is 5.75 Å². The highest BCUT2D eigenvalue weighted by Crippen LogP contribution is 2.28. The molecule has 5 rings (SSSR count). The molecule has 0 bridgehead atoms. The predicted molar refractivity (Wildman–Crippen MR) is 197 cm³/mol. The standard InChI is InChI=1S/C13H20N4O.C12H13N3.C8H13N3.C2H6/c1-15-13(14)17-9-7-16(8-10-17)11-5-3-4-6-12(11)18-2;1-14-12(13)15-11-8-4-6-9-5-2-3-7-10(9)11;1-6-5-7(2)11(10-6)8(3)9-4;1-2/h3-6H,7-10H2,1-2H3,(H2,14,15);2-8H,1H3,(H3,13,14,15);5,9H,3H2,1-2,4H3;1-2H3. The van der Waals surface area contributed by atoms with Crippen molar-refractivity contribution in [2.45, 2.75) is 27.7 Å². The largest absolute Gasteiger partial charge is 0.495 e. The molecule has 1 aliphatic heterocycles. The molecule has 0 amide bonds. The van der Waals surface area contributed by atoms with Crippen LogP contribution in [0.25, 0.3) is 16.6 Å². The van der Waals surface area contributed by atoms with Gasteiger partial charge in [0.1, 0.15) is 11.6 Å². The minimum absolute atomic E-state index is 0.423. The number of aromatic nitrogens is 2. The van der Waals surface area contributed by atoms with Gasteiger partial charge in [0.2, 0.25) is 0 Å². The van der Waals surface area contributed by atoms with Crippen LogP contribution in [-0.2, 0) is 0 Å². The van der Waals surface area contributed by atoms with Crippen molar-refractivity contribution < 1.29 is 4.74 Å². The summed E-state index contributed by atoms with van der Waals surface area (Å²) < 4.78 is 7.18. The molecule has 3 aromatic carbocycles. The lowest BCUT2D eigenvalue weighted by atomic mass is 10.1. The number of fused-ring (bicyclic) bond motifs is 1. The molecule has 0 atom stereocenters. The maximum Gasteiger partial charge on any atom is 0.192 e. The Bertz CT molecular complexity index is 1560. The van der Waals surface area contributed by atoms with Crippen LogP contribution in [0.4, 0.5) is 11.4 Å². The Morgan fingerprint density at radius 3 is 2.11 bits per heavy atom. The zero-order valence-electron chi connectivity index (χ0n) is 28.7. The number of anilines is 2. The summed E-state index contributed by atoms with van der Waals surface area (Å²) >= 11 is 0. The van der Waals surface area contributed by atoms with Crippen molar-refractivity contribution in [3.05, 3.63) is 90.8 Å². The lowest BCUT2D eigenvalue weighted by molar-refractivity contribution is 0.374. The third-order valence-corrected chi connectivity index (χ3v) is 7.11. The fourth-order valence-corrected chi connectivity index (χ4v) is 4.75. The number of piperazine rings is 1. The highest BCUT2D eigenvalue weighted by atomic mass is 16.5. The SMILES string of the molecule is C=C(NC)n1nc(C)cc1C.CC.CN=C(N)N1CCN(c2ccccc2OC)CC1.CN=C(N)Nc1cccc2ccccc12. The topological polar surface area (TPSA) is 134 Å². The molecule has 6 N–H and O–H groups in total. The fraction of sp³-hybridized carbons (Fsp3) is 0.343. The lowest BCUT2D eigenvalue weighted by Crippen LogP contribution is -2.51. The van der Waals surface area contributed by atoms with E-state index in [9.17, 15) is 0 Å². The smallest absolute Gasteiger partial charge is 0.192 e. The number of nitrogens with one attached hydrogen (secondary N) is 2. The summed E-state index contributed by atoms with van der Waals surface area (Å²) in [6.07, 6.45) is 0. The van der Waals surface area contributed by atoms with E-state index in [-0.39, 0.29) is 0 Å². The van der Waals surface area contributed by atoms with Gasteiger partial charge in [-0.2, -0.15) is 5.10 Å². The molecule has 1 aliphatic rings. The Hall–Kier alpha value is -5.19. The monoisotopic (exact) mass is 628 g/mol. The number of guanidine groups is 2. The van der Waals surface area contributed by atoms with Crippen molar-refractivity contribution in [3.63, 3.8) is 0 Å². The molecule has 0 unspecified atom stereocenters. The molecule has 0 aliphatic carbocycles. The number of methoxy groups -OCH3 is 1. The Balaban J connectivity index is 0.000000240. The summed E-state index contributed by atoms with van der Waals surface area (Å²) in [5.41, 5.74) is 15.7. The highest BCUT2D eigenvalue weighted by Gasteiger charge is 2.20. The number of aliphatic imine (C=N–C) groups is 2. The van der Waals surface area contributed by atoms with E-state index in [0.29, 0.717) is 11.9 Å². The second-order valence-electron chi connectivity index (χ2n) is 10.0. The second kappa shape index (κ2) is 19.3. The zero-order valence-corrected chi connectivity index (χ0v) is 28.7. The summed E-state index contributed by atoms with van der Waals surface area (Å²) in [6, 6.07) is 24.3. The molecular formula is C35H52N10O. The van der Waals surface area contributed by atoms with E-state index in [2.05, 4.69) is 66.4 Å². The van der Waals surface area contributed by atoms with Crippen LogP contribution in [0.1, 0.15) is 25.2 Å². The predicted octanol–water partition coefficient (Wildman–Crippen LogP) is 5.13. The number of ether oxygens (including phenoxy) is 1. The summed E-state index contributed by atoms with van der Waals surface area (Å²) in [6.45, 7) is 15.4. The summed E-state index contributed by atoms with van der Waals surface area (Å²) in [4.78, 5) is 12.3. The molecule has 1 saturated heterocycles. The first kappa shape index (κ1) is 37.0. The van der Waals surface area contributed by atoms with Crippen LogP contribution in [0.2, 0.25) is 0 Å². The number of hydrogen-bond acceptors (Lipinski definition) is 6. The van der Waals surface area contributed by atoms with Gasteiger partial charge >= 0.3 is 0 Å². The number of nitrogens with two attached hydrogens (primary N) is 2. The van der Waals surface area contributed by atoms with E-state index in [1.807, 2.05) is 83.3 Å². The molecular weight excluding hydrogens is 576 g/mol. The summed E-state index contributed by atoms with van der Waals surface area (Å²) in [5, 5.41) is 12.6. The first-order valence-electron chi connectivity index (χ1n) is 15.4. The first-order chi connectivity index (χ1) is 22.2. The van der Waals surface area contributed by atoms with Gasteiger partial charge in [-0.1, -0.05) is 69.0 Å². The lowest BCUT2D eigenvalue weighted by Gasteiger charge is -2.37. The molecule has 11 heteroatoms. The van der Waals surface area contributed by atoms with Crippen molar-refractivity contribution in [2.75, 3.05) is 64.6 Å².